The van der Waals surface area contributed by atoms with Gasteiger partial charge < -0.3 is 33.6 Å². The number of hydrogen-bond acceptors (Lipinski definition) is 9. The van der Waals surface area contributed by atoms with Crippen LogP contribution in [0.1, 0.15) is 10.4 Å². The SMILES string of the molecule is COc1cc(-c2ncc(C(=O)N3CCOCC3)c(N3CCN(c4ccccc4F)CC3)n2)cc(OC)c1OC. The van der Waals surface area contributed by atoms with Gasteiger partial charge in [0.05, 0.1) is 40.2 Å². The summed E-state index contributed by atoms with van der Waals surface area (Å²) in [5, 5.41) is 0. The number of hydrogen-bond donors (Lipinski definition) is 0. The van der Waals surface area contributed by atoms with Crippen molar-refractivity contribution in [3.05, 3.63) is 54.0 Å². The molecule has 2 aliphatic heterocycles. The number of ether oxygens (including phenoxy) is 4. The van der Waals surface area contributed by atoms with Crippen molar-refractivity contribution < 1.29 is 28.1 Å². The van der Waals surface area contributed by atoms with E-state index in [1.54, 1.807) is 56.7 Å². The number of aromatic nitrogens is 2. The van der Waals surface area contributed by atoms with E-state index >= 15 is 0 Å². The van der Waals surface area contributed by atoms with Crippen LogP contribution in [0.2, 0.25) is 0 Å². The van der Waals surface area contributed by atoms with E-state index in [1.807, 2.05) is 11.0 Å². The van der Waals surface area contributed by atoms with Crippen molar-refractivity contribution in [1.29, 1.82) is 0 Å². The van der Waals surface area contributed by atoms with Crippen molar-refractivity contribution in [2.45, 2.75) is 0 Å². The van der Waals surface area contributed by atoms with Crippen molar-refractivity contribution in [2.24, 2.45) is 0 Å². The summed E-state index contributed by atoms with van der Waals surface area (Å²) < 4.78 is 36.3. The first kappa shape index (κ1) is 26.5. The number of amides is 1. The summed E-state index contributed by atoms with van der Waals surface area (Å²) in [6.07, 6.45) is 1.59. The van der Waals surface area contributed by atoms with Crippen molar-refractivity contribution in [1.82, 2.24) is 14.9 Å². The largest absolute Gasteiger partial charge is 0.493 e. The number of para-hydroxylation sites is 1. The van der Waals surface area contributed by atoms with Gasteiger partial charge in [0.2, 0.25) is 5.75 Å². The Morgan fingerprint density at radius 2 is 1.54 bits per heavy atom. The van der Waals surface area contributed by atoms with Gasteiger partial charge in [0.1, 0.15) is 17.2 Å². The normalized spacial score (nSPS) is 15.7. The third-order valence-corrected chi connectivity index (χ3v) is 6.99. The summed E-state index contributed by atoms with van der Waals surface area (Å²) in [6.45, 7) is 4.28. The minimum absolute atomic E-state index is 0.138. The lowest BCUT2D eigenvalue weighted by Crippen LogP contribution is -2.48. The van der Waals surface area contributed by atoms with Crippen LogP contribution in [0.15, 0.2) is 42.6 Å². The van der Waals surface area contributed by atoms with Gasteiger partial charge in [-0.1, -0.05) is 12.1 Å². The van der Waals surface area contributed by atoms with Gasteiger partial charge in [-0.2, -0.15) is 0 Å². The van der Waals surface area contributed by atoms with Gasteiger partial charge in [-0.05, 0) is 24.3 Å². The first-order chi connectivity index (χ1) is 19.0. The predicted octanol–water partition coefficient (Wildman–Crippen LogP) is 3.11. The monoisotopic (exact) mass is 537 g/mol. The standard InChI is InChI=1S/C28H32FN5O5/c1-36-23-16-19(17-24(37-2)25(23)38-3)26-30-18-20(28(35)34-12-14-39-15-13-34)27(31-26)33-10-8-32(9-11-33)22-7-5-4-6-21(22)29/h4-7,16-18H,8-15H2,1-3H3. The van der Waals surface area contributed by atoms with Gasteiger partial charge in [-0.25, -0.2) is 14.4 Å². The van der Waals surface area contributed by atoms with Crippen molar-refractivity contribution >= 4 is 17.4 Å². The molecule has 39 heavy (non-hydrogen) atoms. The molecule has 0 unspecified atom stereocenters. The van der Waals surface area contributed by atoms with Crippen molar-refractivity contribution in [2.75, 3.05) is 83.6 Å². The average Bonchev–Trinajstić information content (AvgIpc) is 3.00. The van der Waals surface area contributed by atoms with E-state index in [9.17, 15) is 9.18 Å². The quantitative estimate of drug-likeness (QED) is 0.451. The van der Waals surface area contributed by atoms with Gasteiger partial charge in [-0.3, -0.25) is 4.79 Å². The van der Waals surface area contributed by atoms with Crippen LogP contribution in [0.25, 0.3) is 11.4 Å². The Balaban J connectivity index is 1.50. The predicted molar refractivity (Wildman–Crippen MR) is 145 cm³/mol. The molecule has 0 saturated carbocycles. The minimum atomic E-state index is -0.249. The molecule has 0 N–H and O–H groups in total. The summed E-state index contributed by atoms with van der Waals surface area (Å²) >= 11 is 0. The molecule has 11 heteroatoms. The lowest BCUT2D eigenvalue weighted by Gasteiger charge is -2.38. The van der Waals surface area contributed by atoms with Crippen LogP contribution >= 0.6 is 0 Å². The number of nitrogens with zero attached hydrogens (tertiary/aromatic N) is 5. The fourth-order valence-corrected chi connectivity index (χ4v) is 4.92. The van der Waals surface area contributed by atoms with Crippen LogP contribution < -0.4 is 24.0 Å². The molecule has 0 spiro atoms. The van der Waals surface area contributed by atoms with E-state index in [4.69, 9.17) is 23.9 Å². The molecule has 2 saturated heterocycles. The lowest BCUT2D eigenvalue weighted by atomic mass is 10.1. The van der Waals surface area contributed by atoms with E-state index < -0.39 is 0 Å². The summed E-state index contributed by atoms with van der Waals surface area (Å²) in [5.74, 6) is 1.99. The van der Waals surface area contributed by atoms with E-state index in [2.05, 4.69) is 9.88 Å². The van der Waals surface area contributed by atoms with Crippen molar-refractivity contribution in [3.63, 3.8) is 0 Å². The summed E-state index contributed by atoms with van der Waals surface area (Å²) in [4.78, 5) is 28.9. The Labute approximate surface area is 226 Å². The highest BCUT2D eigenvalue weighted by Gasteiger charge is 2.28. The van der Waals surface area contributed by atoms with Crippen LogP contribution in [-0.4, -0.2) is 94.6 Å². The number of piperazine rings is 1. The number of rotatable bonds is 7. The minimum Gasteiger partial charge on any atom is -0.493 e. The summed E-state index contributed by atoms with van der Waals surface area (Å²) in [6, 6.07) is 10.3. The summed E-state index contributed by atoms with van der Waals surface area (Å²) in [7, 11) is 4.64. The second-order valence-electron chi connectivity index (χ2n) is 9.17. The van der Waals surface area contributed by atoms with Crippen molar-refractivity contribution in [3.8, 4) is 28.6 Å². The smallest absolute Gasteiger partial charge is 0.259 e. The summed E-state index contributed by atoms with van der Waals surface area (Å²) in [5.41, 5.74) is 1.65. The van der Waals surface area contributed by atoms with Gasteiger partial charge >= 0.3 is 0 Å². The first-order valence-corrected chi connectivity index (χ1v) is 12.8. The number of methoxy groups -OCH3 is 3. The van der Waals surface area contributed by atoms with Gasteiger partial charge in [0.25, 0.3) is 5.91 Å². The third kappa shape index (κ3) is 5.40. The van der Waals surface area contributed by atoms with Crippen LogP contribution in [0.5, 0.6) is 17.2 Å². The maximum atomic E-state index is 14.4. The average molecular weight is 538 g/mol. The fourth-order valence-electron chi connectivity index (χ4n) is 4.92. The molecule has 5 rings (SSSR count). The number of anilines is 2. The van der Waals surface area contributed by atoms with E-state index in [0.29, 0.717) is 98.2 Å². The first-order valence-electron chi connectivity index (χ1n) is 12.8. The number of morpholine rings is 1. The Bertz CT molecular complexity index is 1300. The zero-order valence-electron chi connectivity index (χ0n) is 22.4. The Morgan fingerprint density at radius 1 is 0.897 bits per heavy atom. The molecular weight excluding hydrogens is 505 g/mol. The lowest BCUT2D eigenvalue weighted by molar-refractivity contribution is 0.0302. The maximum absolute atomic E-state index is 14.4. The maximum Gasteiger partial charge on any atom is 0.259 e. The highest BCUT2D eigenvalue weighted by Crippen LogP contribution is 2.41. The molecule has 1 aromatic heterocycles. The third-order valence-electron chi connectivity index (χ3n) is 6.99. The van der Waals surface area contributed by atoms with Crippen LogP contribution in [0.4, 0.5) is 15.9 Å². The molecule has 2 fully saturated rings. The van der Waals surface area contributed by atoms with Crippen LogP contribution in [-0.2, 0) is 4.74 Å². The Kier molecular flexibility index (Phi) is 7.97. The van der Waals surface area contributed by atoms with E-state index in [0.717, 1.165) is 0 Å². The number of benzene rings is 2. The molecule has 0 radical (unpaired) electrons. The Hall–Kier alpha value is -4.12. The molecule has 206 valence electrons. The highest BCUT2D eigenvalue weighted by molar-refractivity contribution is 5.99. The van der Waals surface area contributed by atoms with E-state index in [-0.39, 0.29) is 11.7 Å². The zero-order chi connectivity index (χ0) is 27.4. The number of carbonyl (C=O) groups is 1. The molecule has 3 heterocycles. The zero-order valence-corrected chi connectivity index (χ0v) is 22.4. The molecule has 10 nitrogen and oxygen atoms in total. The molecule has 2 aliphatic rings. The molecule has 0 aliphatic carbocycles. The molecule has 3 aromatic rings. The fraction of sp³-hybridized carbons (Fsp3) is 0.393. The second kappa shape index (κ2) is 11.7. The van der Waals surface area contributed by atoms with E-state index in [1.165, 1.54) is 6.07 Å². The van der Waals surface area contributed by atoms with Gasteiger partial charge in [-0.15, -0.1) is 0 Å². The molecule has 0 bridgehead atoms. The topological polar surface area (TPSA) is 89.5 Å². The molecule has 1 amide bonds. The molecular formula is C28H32FN5O5. The second-order valence-corrected chi connectivity index (χ2v) is 9.17. The van der Waals surface area contributed by atoms with Gasteiger partial charge in [0, 0.05) is 51.0 Å². The van der Waals surface area contributed by atoms with Gasteiger partial charge in [0.15, 0.2) is 17.3 Å². The van der Waals surface area contributed by atoms with Crippen LogP contribution in [0, 0.1) is 5.82 Å². The number of carbonyl (C=O) groups excluding carboxylic acids is 1. The number of halogens is 1. The highest BCUT2D eigenvalue weighted by atomic mass is 19.1. The molecule has 2 aromatic carbocycles. The Morgan fingerprint density at radius 3 is 2.15 bits per heavy atom. The van der Waals surface area contributed by atoms with Crippen LogP contribution in [0.3, 0.4) is 0 Å². The molecule has 0 atom stereocenters.